The smallest absolute Gasteiger partial charge is 0.316 e. The van der Waals surface area contributed by atoms with E-state index in [1.54, 1.807) is 31.2 Å². The number of benzene rings is 1. The molecular weight excluding hydrogens is 210 g/mol. The van der Waals surface area contributed by atoms with E-state index >= 15 is 0 Å². The highest BCUT2D eigenvalue weighted by Gasteiger charge is 2.38. The molecule has 1 aromatic carbocycles. The van der Waals surface area contributed by atoms with E-state index in [-0.39, 0.29) is 6.61 Å². The van der Waals surface area contributed by atoms with Crippen LogP contribution in [0.4, 0.5) is 0 Å². The van der Waals surface area contributed by atoms with Gasteiger partial charge in [0, 0.05) is 5.56 Å². The second-order valence-electron chi connectivity index (χ2n) is 3.65. The van der Waals surface area contributed by atoms with Crippen LogP contribution in [0.2, 0.25) is 0 Å². The van der Waals surface area contributed by atoms with E-state index in [1.807, 2.05) is 0 Å². The van der Waals surface area contributed by atoms with Crippen LogP contribution in [0.5, 0.6) is 5.75 Å². The van der Waals surface area contributed by atoms with E-state index in [9.17, 15) is 9.90 Å². The molecule has 0 aliphatic carbocycles. The van der Waals surface area contributed by atoms with Crippen LogP contribution >= 0.6 is 0 Å². The van der Waals surface area contributed by atoms with Crippen LogP contribution in [0.15, 0.2) is 24.3 Å². The normalized spacial score (nSPS) is 14.2. The predicted octanol–water partition coefficient (Wildman–Crippen LogP) is 0.928. The van der Waals surface area contributed by atoms with Crippen molar-refractivity contribution < 1.29 is 19.5 Å². The lowest BCUT2D eigenvalue weighted by Gasteiger charge is -2.25. The Morgan fingerprint density at radius 3 is 2.62 bits per heavy atom. The number of hydrogen-bond acceptors (Lipinski definition) is 4. The maximum absolute atomic E-state index is 11.3. The minimum absolute atomic E-state index is 0.122. The van der Waals surface area contributed by atoms with Gasteiger partial charge in [0.2, 0.25) is 0 Å². The minimum Gasteiger partial charge on any atom is -0.496 e. The zero-order chi connectivity index (χ0) is 12.2. The van der Waals surface area contributed by atoms with Gasteiger partial charge < -0.3 is 14.7 Å². The molecule has 1 rings (SSSR count). The molecule has 16 heavy (non-hydrogen) atoms. The molecule has 0 bridgehead atoms. The lowest BCUT2D eigenvalue weighted by molar-refractivity contribution is -0.145. The third kappa shape index (κ3) is 2.15. The van der Waals surface area contributed by atoms with Gasteiger partial charge in [-0.2, -0.15) is 0 Å². The zero-order valence-corrected chi connectivity index (χ0v) is 9.27. The molecule has 0 aliphatic rings. The molecule has 0 radical (unpaired) electrons. The number of carbonyl (C=O) groups is 1. The Labute approximate surface area is 93.7 Å². The molecule has 5 nitrogen and oxygen atoms in total. The number of carboxylic acids is 1. The summed E-state index contributed by atoms with van der Waals surface area (Å²) >= 11 is 0. The van der Waals surface area contributed by atoms with Crippen LogP contribution < -0.4 is 10.6 Å². The number of methoxy groups -OCH3 is 1. The van der Waals surface area contributed by atoms with Crippen molar-refractivity contribution in [2.24, 2.45) is 5.90 Å². The molecule has 5 heteroatoms. The summed E-state index contributed by atoms with van der Waals surface area (Å²) in [5.41, 5.74) is -0.683. The van der Waals surface area contributed by atoms with Crippen LogP contribution in [-0.2, 0) is 15.0 Å². The molecule has 0 aromatic heterocycles. The number of carboxylic acid groups (broad SMARTS) is 1. The lowest BCUT2D eigenvalue weighted by Crippen LogP contribution is -2.38. The van der Waals surface area contributed by atoms with E-state index in [4.69, 9.17) is 10.6 Å². The second-order valence-corrected chi connectivity index (χ2v) is 3.65. The van der Waals surface area contributed by atoms with E-state index in [0.717, 1.165) is 0 Å². The third-order valence-electron chi connectivity index (χ3n) is 2.55. The summed E-state index contributed by atoms with van der Waals surface area (Å²) < 4.78 is 5.13. The number of ether oxygens (including phenoxy) is 1. The van der Waals surface area contributed by atoms with Gasteiger partial charge >= 0.3 is 5.97 Å². The van der Waals surface area contributed by atoms with Crippen molar-refractivity contribution in [1.29, 1.82) is 0 Å². The molecular formula is C11H15NO4. The molecule has 1 atom stereocenters. The van der Waals surface area contributed by atoms with Gasteiger partial charge in [-0.3, -0.25) is 4.79 Å². The van der Waals surface area contributed by atoms with Crippen molar-refractivity contribution >= 4 is 5.97 Å². The van der Waals surface area contributed by atoms with Gasteiger partial charge in [-0.15, -0.1) is 0 Å². The molecule has 0 saturated heterocycles. The first-order valence-electron chi connectivity index (χ1n) is 4.75. The fraction of sp³-hybridized carbons (Fsp3) is 0.364. The first-order valence-corrected chi connectivity index (χ1v) is 4.75. The summed E-state index contributed by atoms with van der Waals surface area (Å²) in [5.74, 6) is 4.47. The number of aliphatic carboxylic acids is 1. The van der Waals surface area contributed by atoms with Crippen LogP contribution in [0.1, 0.15) is 12.5 Å². The monoisotopic (exact) mass is 225 g/mol. The second kappa shape index (κ2) is 4.96. The van der Waals surface area contributed by atoms with E-state index in [2.05, 4.69) is 4.84 Å². The molecule has 0 saturated carbocycles. The average molecular weight is 225 g/mol. The Balaban J connectivity index is 3.25. The minimum atomic E-state index is -1.22. The van der Waals surface area contributed by atoms with Crippen LogP contribution in [0.3, 0.4) is 0 Å². The number of para-hydroxylation sites is 1. The van der Waals surface area contributed by atoms with Gasteiger partial charge in [0.25, 0.3) is 0 Å². The maximum Gasteiger partial charge on any atom is 0.316 e. The van der Waals surface area contributed by atoms with E-state index in [0.29, 0.717) is 11.3 Å². The van der Waals surface area contributed by atoms with Crippen molar-refractivity contribution in [2.75, 3.05) is 13.7 Å². The van der Waals surface area contributed by atoms with Gasteiger partial charge in [-0.25, -0.2) is 5.90 Å². The number of rotatable bonds is 5. The summed E-state index contributed by atoms with van der Waals surface area (Å²) in [6, 6.07) is 6.91. The predicted molar refractivity (Wildman–Crippen MR) is 58.1 cm³/mol. The molecule has 0 heterocycles. The molecule has 0 aliphatic heterocycles. The molecule has 0 fully saturated rings. The first kappa shape index (κ1) is 12.5. The maximum atomic E-state index is 11.3. The number of nitrogens with two attached hydrogens (primary N) is 1. The van der Waals surface area contributed by atoms with Crippen molar-refractivity contribution in [3.05, 3.63) is 29.8 Å². The summed E-state index contributed by atoms with van der Waals surface area (Å²) in [6.07, 6.45) is 0. The molecule has 0 amide bonds. The Morgan fingerprint density at radius 2 is 2.12 bits per heavy atom. The van der Waals surface area contributed by atoms with Crippen molar-refractivity contribution in [1.82, 2.24) is 0 Å². The summed E-state index contributed by atoms with van der Waals surface area (Å²) in [5, 5.41) is 9.25. The average Bonchev–Trinajstić information content (AvgIpc) is 2.29. The standard InChI is InChI=1S/C11H15NO4/c1-11(7-16-12,10(13)14)8-5-3-4-6-9(8)15-2/h3-6H,7,12H2,1-2H3,(H,13,14). The first-order chi connectivity index (χ1) is 7.56. The third-order valence-corrected chi connectivity index (χ3v) is 2.55. The highest BCUT2D eigenvalue weighted by atomic mass is 16.6. The quantitative estimate of drug-likeness (QED) is 0.728. The van der Waals surface area contributed by atoms with Gasteiger partial charge in [0.05, 0.1) is 13.7 Å². The molecule has 88 valence electrons. The van der Waals surface area contributed by atoms with Crippen LogP contribution in [0.25, 0.3) is 0 Å². The zero-order valence-electron chi connectivity index (χ0n) is 9.27. The molecule has 3 N–H and O–H groups in total. The van der Waals surface area contributed by atoms with Gasteiger partial charge in [0.15, 0.2) is 0 Å². The van der Waals surface area contributed by atoms with Crippen molar-refractivity contribution in [3.8, 4) is 5.75 Å². The Hall–Kier alpha value is -1.59. The summed E-state index contributed by atoms with van der Waals surface area (Å²) in [7, 11) is 1.49. The van der Waals surface area contributed by atoms with Crippen molar-refractivity contribution in [3.63, 3.8) is 0 Å². The van der Waals surface area contributed by atoms with Gasteiger partial charge in [0.1, 0.15) is 11.2 Å². The molecule has 1 unspecified atom stereocenters. The van der Waals surface area contributed by atoms with Crippen molar-refractivity contribution in [2.45, 2.75) is 12.3 Å². The summed E-state index contributed by atoms with van der Waals surface area (Å²) in [6.45, 7) is 1.42. The largest absolute Gasteiger partial charge is 0.496 e. The fourth-order valence-electron chi connectivity index (χ4n) is 1.52. The van der Waals surface area contributed by atoms with Crippen LogP contribution in [-0.4, -0.2) is 24.8 Å². The highest BCUT2D eigenvalue weighted by molar-refractivity contribution is 5.82. The Bertz CT molecular complexity index is 380. The highest BCUT2D eigenvalue weighted by Crippen LogP contribution is 2.32. The SMILES string of the molecule is COc1ccccc1C(C)(CON)C(=O)O. The van der Waals surface area contributed by atoms with Crippen LogP contribution in [0, 0.1) is 0 Å². The van der Waals surface area contributed by atoms with Gasteiger partial charge in [-0.05, 0) is 13.0 Å². The lowest BCUT2D eigenvalue weighted by atomic mass is 9.83. The molecule has 0 spiro atoms. The topological polar surface area (TPSA) is 81.8 Å². The van der Waals surface area contributed by atoms with E-state index < -0.39 is 11.4 Å². The van der Waals surface area contributed by atoms with Gasteiger partial charge in [-0.1, -0.05) is 18.2 Å². The molecule has 1 aromatic rings. The Morgan fingerprint density at radius 1 is 1.50 bits per heavy atom. The Kier molecular flexibility index (Phi) is 3.87. The van der Waals surface area contributed by atoms with E-state index in [1.165, 1.54) is 7.11 Å². The number of hydrogen-bond donors (Lipinski definition) is 2. The summed E-state index contributed by atoms with van der Waals surface area (Å²) in [4.78, 5) is 15.8. The fourth-order valence-corrected chi connectivity index (χ4v) is 1.52.